The molecule has 0 aromatic carbocycles. The van der Waals surface area contributed by atoms with E-state index in [0.717, 1.165) is 5.33 Å². The van der Waals surface area contributed by atoms with Crippen molar-refractivity contribution in [2.75, 3.05) is 5.33 Å². The van der Waals surface area contributed by atoms with Gasteiger partial charge in [-0.3, -0.25) is 0 Å². The lowest BCUT2D eigenvalue weighted by molar-refractivity contribution is 0.806. The Morgan fingerprint density at radius 2 is 2.00 bits per heavy atom. The predicted octanol–water partition coefficient (Wildman–Crippen LogP) is 1.49. The molecule has 0 aliphatic heterocycles. The lowest BCUT2D eigenvalue weighted by atomic mass is 10.3. The molecule has 0 saturated heterocycles. The third kappa shape index (κ3) is 7.18. The number of alkyl halides is 2. The molecule has 8 heavy (non-hydrogen) atoms. The normalized spacial score (nSPS) is 12.4. The van der Waals surface area contributed by atoms with Crippen LogP contribution >= 0.6 is 31.9 Å². The van der Waals surface area contributed by atoms with Gasteiger partial charge in [0.2, 0.25) is 0 Å². The molecule has 0 saturated carbocycles. The van der Waals surface area contributed by atoms with Crippen LogP contribution in [0.2, 0.25) is 0 Å². The van der Waals surface area contributed by atoms with Crippen LogP contribution in [-0.2, 0) is 0 Å². The second-order valence-electron chi connectivity index (χ2n) is 1.54. The van der Waals surface area contributed by atoms with E-state index in [1.165, 1.54) is 12.8 Å². The quantitative estimate of drug-likeness (QED) is 0.534. The van der Waals surface area contributed by atoms with Gasteiger partial charge in [0.1, 0.15) is 0 Å². The molecule has 0 nitrogen and oxygen atoms in total. The molecule has 1 atom stereocenters. The van der Waals surface area contributed by atoms with Gasteiger partial charge in [0.05, 0.1) is 0 Å². The van der Waals surface area contributed by atoms with Gasteiger partial charge in [0.25, 0.3) is 0 Å². The van der Waals surface area contributed by atoms with E-state index in [-0.39, 0.29) is 11.0 Å². The van der Waals surface area contributed by atoms with E-state index in [1.54, 1.807) is 0 Å². The highest BCUT2D eigenvalue weighted by atomic mass is 79.9. The van der Waals surface area contributed by atoms with Crippen LogP contribution in [0.5, 0.6) is 0 Å². The Bertz CT molecular complexity index is 41.4. The molecule has 52 valence electrons. The Morgan fingerprint density at radius 3 is 2.12 bits per heavy atom. The topological polar surface area (TPSA) is 0 Å². The van der Waals surface area contributed by atoms with Gasteiger partial charge in [0.15, 0.2) is 0 Å². The molecule has 0 rings (SSSR count). The SMILES string of the molecule is CCCC(Br)CBr.[SiH4]. The number of rotatable bonds is 3. The van der Waals surface area contributed by atoms with Crippen molar-refractivity contribution in [3.05, 3.63) is 0 Å². The summed E-state index contributed by atoms with van der Waals surface area (Å²) in [6, 6.07) is 0. The van der Waals surface area contributed by atoms with Crippen LogP contribution in [0, 0.1) is 0 Å². The van der Waals surface area contributed by atoms with Crippen molar-refractivity contribution in [3.8, 4) is 0 Å². The Morgan fingerprint density at radius 1 is 1.50 bits per heavy atom. The Kier molecular flexibility index (Phi) is 12.2. The van der Waals surface area contributed by atoms with Gasteiger partial charge in [-0.2, -0.15) is 0 Å². The fourth-order valence-electron chi connectivity index (χ4n) is 0.390. The van der Waals surface area contributed by atoms with Gasteiger partial charge in [-0.15, -0.1) is 0 Å². The van der Waals surface area contributed by atoms with Gasteiger partial charge in [-0.25, -0.2) is 0 Å². The molecule has 0 aromatic rings. The molecular formula is C5H14Br2Si. The zero-order chi connectivity index (χ0) is 5.70. The molecule has 0 heterocycles. The highest BCUT2D eigenvalue weighted by Crippen LogP contribution is 2.09. The maximum absolute atomic E-state index is 3.49. The van der Waals surface area contributed by atoms with E-state index in [2.05, 4.69) is 38.8 Å². The summed E-state index contributed by atoms with van der Waals surface area (Å²) in [5.74, 6) is 0. The van der Waals surface area contributed by atoms with Crippen LogP contribution in [0.3, 0.4) is 0 Å². The van der Waals surface area contributed by atoms with Crippen molar-refractivity contribution in [1.29, 1.82) is 0 Å². The summed E-state index contributed by atoms with van der Waals surface area (Å²) in [4.78, 5) is 0.678. The molecule has 0 radical (unpaired) electrons. The maximum Gasteiger partial charge on any atom is 0.0242 e. The Labute approximate surface area is 72.7 Å². The van der Waals surface area contributed by atoms with Crippen LogP contribution in [0.25, 0.3) is 0 Å². The van der Waals surface area contributed by atoms with Crippen LogP contribution in [-0.4, -0.2) is 21.1 Å². The lowest BCUT2D eigenvalue weighted by Crippen LogP contribution is -1.95. The minimum absolute atomic E-state index is 0. The van der Waals surface area contributed by atoms with Crippen LogP contribution in [0.4, 0.5) is 0 Å². The van der Waals surface area contributed by atoms with Crippen molar-refractivity contribution < 1.29 is 0 Å². The fraction of sp³-hybridized carbons (Fsp3) is 1.00. The summed E-state index contributed by atoms with van der Waals surface area (Å²) in [6.45, 7) is 2.19. The van der Waals surface area contributed by atoms with Gasteiger partial charge in [-0.1, -0.05) is 45.2 Å². The number of hydrogen-bond acceptors (Lipinski definition) is 0. The van der Waals surface area contributed by atoms with Crippen molar-refractivity contribution in [1.82, 2.24) is 0 Å². The van der Waals surface area contributed by atoms with Crippen LogP contribution in [0.1, 0.15) is 19.8 Å². The average Bonchev–Trinajstić information content (AvgIpc) is 1.68. The van der Waals surface area contributed by atoms with E-state index in [4.69, 9.17) is 0 Å². The molecule has 0 aliphatic carbocycles. The minimum atomic E-state index is 0. The first-order chi connectivity index (χ1) is 3.31. The first-order valence-corrected chi connectivity index (χ1v) is 4.55. The van der Waals surface area contributed by atoms with E-state index < -0.39 is 0 Å². The molecule has 0 aromatic heterocycles. The minimum Gasteiger partial charge on any atom is -0.0916 e. The first kappa shape index (κ1) is 11.9. The summed E-state index contributed by atoms with van der Waals surface area (Å²) < 4.78 is 0. The van der Waals surface area contributed by atoms with Crippen molar-refractivity contribution >= 4 is 42.8 Å². The highest BCUT2D eigenvalue weighted by Gasteiger charge is 1.96. The first-order valence-electron chi connectivity index (χ1n) is 2.51. The van der Waals surface area contributed by atoms with Gasteiger partial charge < -0.3 is 0 Å². The molecular weight excluding hydrogens is 248 g/mol. The molecule has 0 aliphatic rings. The van der Waals surface area contributed by atoms with Crippen LogP contribution in [0.15, 0.2) is 0 Å². The molecule has 0 spiro atoms. The highest BCUT2D eigenvalue weighted by molar-refractivity contribution is 9.12. The standard InChI is InChI=1S/C5H10Br2.H4Si/c1-2-3-5(7)4-6;/h5H,2-4H2,1H3;1H4. The smallest absolute Gasteiger partial charge is 0.0242 e. The second kappa shape index (κ2) is 8.18. The van der Waals surface area contributed by atoms with Gasteiger partial charge in [0, 0.05) is 10.2 Å². The van der Waals surface area contributed by atoms with E-state index in [1.807, 2.05) is 0 Å². The maximum atomic E-state index is 3.49. The molecule has 0 fully saturated rings. The molecule has 0 bridgehead atoms. The largest absolute Gasteiger partial charge is 0.0916 e. The van der Waals surface area contributed by atoms with Gasteiger partial charge in [-0.05, 0) is 17.4 Å². The lowest BCUT2D eigenvalue weighted by Gasteiger charge is -1.99. The summed E-state index contributed by atoms with van der Waals surface area (Å²) in [5.41, 5.74) is 0. The summed E-state index contributed by atoms with van der Waals surface area (Å²) in [5, 5.41) is 1.07. The van der Waals surface area contributed by atoms with Crippen LogP contribution < -0.4 is 0 Å². The zero-order valence-corrected chi connectivity index (χ0v) is 7.63. The van der Waals surface area contributed by atoms with Crippen molar-refractivity contribution in [2.24, 2.45) is 0 Å². The van der Waals surface area contributed by atoms with Gasteiger partial charge >= 0.3 is 0 Å². The summed E-state index contributed by atoms with van der Waals surface area (Å²) >= 11 is 6.86. The molecule has 0 amide bonds. The Hall–Kier alpha value is 1.18. The third-order valence-electron chi connectivity index (χ3n) is 0.769. The van der Waals surface area contributed by atoms with Crippen molar-refractivity contribution in [3.63, 3.8) is 0 Å². The monoisotopic (exact) mass is 260 g/mol. The number of halogens is 2. The molecule has 1 unspecified atom stereocenters. The average molecular weight is 262 g/mol. The third-order valence-corrected chi connectivity index (χ3v) is 3.20. The fourth-order valence-corrected chi connectivity index (χ4v) is 1.17. The van der Waals surface area contributed by atoms with Crippen molar-refractivity contribution in [2.45, 2.75) is 24.6 Å². The van der Waals surface area contributed by atoms with E-state index >= 15 is 0 Å². The predicted molar refractivity (Wildman–Crippen MR) is 52.8 cm³/mol. The second-order valence-corrected chi connectivity index (χ2v) is 3.48. The Balaban J connectivity index is 0. The zero-order valence-electron chi connectivity index (χ0n) is 4.45. The summed E-state index contributed by atoms with van der Waals surface area (Å²) in [6.07, 6.45) is 2.53. The van der Waals surface area contributed by atoms with E-state index in [0.29, 0.717) is 4.83 Å². The summed E-state index contributed by atoms with van der Waals surface area (Å²) in [7, 11) is 0. The van der Waals surface area contributed by atoms with E-state index in [9.17, 15) is 0 Å². The molecule has 3 heteroatoms. The number of hydrogen-bond donors (Lipinski definition) is 0. The molecule has 0 N–H and O–H groups in total.